The van der Waals surface area contributed by atoms with Crippen molar-refractivity contribution >= 4 is 17.9 Å². The smallest absolute Gasteiger partial charge is 0.267 e. The number of hydroxylamine groups is 1. The lowest BCUT2D eigenvalue weighted by Gasteiger charge is -2.44. The third kappa shape index (κ3) is 4.34. The number of carbonyl (C=O) groups excluding carboxylic acids is 2. The van der Waals surface area contributed by atoms with Crippen molar-refractivity contribution in [2.45, 2.75) is 25.1 Å². The molecule has 2 aliphatic rings. The molecule has 0 saturated carbocycles. The van der Waals surface area contributed by atoms with Gasteiger partial charge in [-0.1, -0.05) is 18.2 Å². The van der Waals surface area contributed by atoms with Crippen LogP contribution >= 0.6 is 0 Å². The Kier molecular flexibility index (Phi) is 5.52. The Balaban J connectivity index is 1.42. The van der Waals surface area contributed by atoms with E-state index in [-0.39, 0.29) is 11.7 Å². The summed E-state index contributed by atoms with van der Waals surface area (Å²) in [6, 6.07) is 11.6. The lowest BCUT2D eigenvalue weighted by Crippen LogP contribution is -2.60. The van der Waals surface area contributed by atoms with E-state index in [1.807, 2.05) is 0 Å². The Bertz CT molecular complexity index is 982. The minimum atomic E-state index is -0.739. The molecule has 8 heteroatoms. The zero-order valence-corrected chi connectivity index (χ0v) is 16.2. The van der Waals surface area contributed by atoms with E-state index in [0.29, 0.717) is 29.7 Å². The number of nitrogens with zero attached hydrogens (tertiary/aromatic N) is 1. The van der Waals surface area contributed by atoms with E-state index in [1.165, 1.54) is 29.8 Å². The number of nitrogens with one attached hydrogen (secondary N) is 2. The number of fused-ring (bicyclic) bond motifs is 1. The highest BCUT2D eigenvalue weighted by Crippen LogP contribution is 2.34. The molecule has 2 aliphatic heterocycles. The summed E-state index contributed by atoms with van der Waals surface area (Å²) in [5.41, 5.74) is 2.86. The Morgan fingerprint density at radius 3 is 2.67 bits per heavy atom. The van der Waals surface area contributed by atoms with Crippen LogP contribution in [0.25, 0.3) is 6.08 Å². The highest BCUT2D eigenvalue weighted by molar-refractivity contribution is 5.99. The van der Waals surface area contributed by atoms with Crippen LogP contribution in [0.1, 0.15) is 34.3 Å². The molecule has 0 aliphatic carbocycles. The van der Waals surface area contributed by atoms with Crippen LogP contribution < -0.4 is 15.5 Å². The van der Waals surface area contributed by atoms with Crippen molar-refractivity contribution in [2.24, 2.45) is 0 Å². The normalized spacial score (nSPS) is 18.0. The number of ether oxygens (including phenoxy) is 1. The molecule has 156 valence electrons. The summed E-state index contributed by atoms with van der Waals surface area (Å²) < 4.78 is 19.3. The Morgan fingerprint density at radius 2 is 1.97 bits per heavy atom. The van der Waals surface area contributed by atoms with Gasteiger partial charge in [0.2, 0.25) is 0 Å². The molecule has 7 nitrogen and oxygen atoms in total. The molecule has 0 radical (unpaired) electrons. The first-order valence-electron chi connectivity index (χ1n) is 9.71. The quantitative estimate of drug-likeness (QED) is 0.409. The lowest BCUT2D eigenvalue weighted by molar-refractivity contribution is -0.124. The molecular weight excluding hydrogens is 389 g/mol. The van der Waals surface area contributed by atoms with E-state index >= 15 is 0 Å². The monoisotopic (exact) mass is 411 g/mol. The van der Waals surface area contributed by atoms with Gasteiger partial charge in [0.15, 0.2) is 5.72 Å². The molecule has 2 heterocycles. The Labute approximate surface area is 173 Å². The maximum Gasteiger partial charge on any atom is 0.267 e. The number of likely N-dealkylation sites (tertiary alicyclic amines) is 1. The minimum Gasteiger partial charge on any atom is -0.467 e. The van der Waals surface area contributed by atoms with E-state index in [9.17, 15) is 14.0 Å². The van der Waals surface area contributed by atoms with Crippen LogP contribution in [0.2, 0.25) is 0 Å². The minimum absolute atomic E-state index is 0.218. The first-order chi connectivity index (χ1) is 14.5. The standard InChI is InChI=1S/C22H22FN3O4/c23-17-5-1-16(2-6-17)14-26-11-9-22(10-12-26)24-21(28)18-13-15(3-7-19(18)30-22)4-8-20(27)25-29/h1-8,13,29H,9-12,14H2,(H,24,28)(H,25,27)/b8-4+. The van der Waals surface area contributed by atoms with Crippen LogP contribution in [0, 0.1) is 5.82 Å². The van der Waals surface area contributed by atoms with Gasteiger partial charge >= 0.3 is 0 Å². The van der Waals surface area contributed by atoms with Gasteiger partial charge in [0, 0.05) is 38.6 Å². The largest absolute Gasteiger partial charge is 0.467 e. The van der Waals surface area contributed by atoms with E-state index in [4.69, 9.17) is 9.94 Å². The van der Waals surface area contributed by atoms with Crippen LogP contribution in [-0.4, -0.2) is 40.7 Å². The van der Waals surface area contributed by atoms with Gasteiger partial charge in [-0.15, -0.1) is 0 Å². The summed E-state index contributed by atoms with van der Waals surface area (Å²) in [6.45, 7) is 2.20. The molecule has 2 amide bonds. The third-order valence-corrected chi connectivity index (χ3v) is 5.42. The zero-order valence-electron chi connectivity index (χ0n) is 16.2. The molecular formula is C22H22FN3O4. The van der Waals surface area contributed by atoms with Crippen molar-refractivity contribution < 1.29 is 23.9 Å². The van der Waals surface area contributed by atoms with E-state index in [1.54, 1.807) is 30.3 Å². The van der Waals surface area contributed by atoms with Crippen molar-refractivity contribution in [3.8, 4) is 5.75 Å². The summed E-state index contributed by atoms with van der Waals surface area (Å²) in [7, 11) is 0. The second kappa shape index (κ2) is 8.25. The average molecular weight is 411 g/mol. The number of rotatable bonds is 4. The number of hydrogen-bond acceptors (Lipinski definition) is 5. The van der Waals surface area contributed by atoms with Crippen LogP contribution in [0.15, 0.2) is 48.5 Å². The zero-order chi connectivity index (χ0) is 21.1. The molecule has 1 saturated heterocycles. The van der Waals surface area contributed by atoms with Crippen molar-refractivity contribution in [3.05, 3.63) is 71.0 Å². The first kappa shape index (κ1) is 20.1. The van der Waals surface area contributed by atoms with Gasteiger partial charge in [0.1, 0.15) is 11.6 Å². The predicted molar refractivity (Wildman–Crippen MR) is 107 cm³/mol. The third-order valence-electron chi connectivity index (χ3n) is 5.42. The fourth-order valence-corrected chi connectivity index (χ4v) is 3.78. The fourth-order valence-electron chi connectivity index (χ4n) is 3.78. The van der Waals surface area contributed by atoms with Crippen molar-refractivity contribution in [3.63, 3.8) is 0 Å². The fraction of sp³-hybridized carbons (Fsp3) is 0.273. The molecule has 30 heavy (non-hydrogen) atoms. The van der Waals surface area contributed by atoms with Crippen LogP contribution in [0.5, 0.6) is 5.75 Å². The summed E-state index contributed by atoms with van der Waals surface area (Å²) in [5, 5.41) is 11.5. The van der Waals surface area contributed by atoms with E-state index < -0.39 is 11.6 Å². The predicted octanol–water partition coefficient (Wildman–Crippen LogP) is 2.46. The van der Waals surface area contributed by atoms with Crippen molar-refractivity contribution in [2.75, 3.05) is 13.1 Å². The molecule has 4 rings (SSSR count). The van der Waals surface area contributed by atoms with Gasteiger partial charge in [-0.2, -0.15) is 0 Å². The van der Waals surface area contributed by atoms with Gasteiger partial charge in [0.05, 0.1) is 5.56 Å². The lowest BCUT2D eigenvalue weighted by atomic mass is 9.96. The van der Waals surface area contributed by atoms with Crippen molar-refractivity contribution in [1.82, 2.24) is 15.7 Å². The van der Waals surface area contributed by atoms with Gasteiger partial charge in [-0.05, 0) is 41.5 Å². The maximum atomic E-state index is 13.1. The first-order valence-corrected chi connectivity index (χ1v) is 9.71. The average Bonchev–Trinajstić information content (AvgIpc) is 2.75. The Morgan fingerprint density at radius 1 is 1.23 bits per heavy atom. The Hall–Kier alpha value is -3.23. The van der Waals surface area contributed by atoms with Crippen molar-refractivity contribution in [1.29, 1.82) is 0 Å². The topological polar surface area (TPSA) is 90.9 Å². The number of hydrogen-bond donors (Lipinski definition) is 3. The van der Waals surface area contributed by atoms with Gasteiger partial charge in [-0.3, -0.25) is 19.7 Å². The number of piperidine rings is 1. The molecule has 0 aromatic heterocycles. The summed E-state index contributed by atoms with van der Waals surface area (Å²) in [5.74, 6) is -0.608. The highest BCUT2D eigenvalue weighted by atomic mass is 19.1. The van der Waals surface area contributed by atoms with Crippen LogP contribution in [0.3, 0.4) is 0 Å². The summed E-state index contributed by atoms with van der Waals surface area (Å²) in [6.07, 6.45) is 3.94. The molecule has 0 unspecified atom stereocenters. The van der Waals surface area contributed by atoms with Gasteiger partial charge in [0.25, 0.3) is 11.8 Å². The molecule has 0 bridgehead atoms. The molecule has 0 atom stereocenters. The van der Waals surface area contributed by atoms with Crippen LogP contribution in [-0.2, 0) is 11.3 Å². The summed E-state index contributed by atoms with van der Waals surface area (Å²) >= 11 is 0. The SMILES string of the molecule is O=C(/C=C/c1ccc2c(c1)C(=O)NC1(CCN(Cc3ccc(F)cc3)CC1)O2)NO. The highest BCUT2D eigenvalue weighted by Gasteiger charge is 2.42. The van der Waals surface area contributed by atoms with Crippen LogP contribution in [0.4, 0.5) is 4.39 Å². The second-order valence-corrected chi connectivity index (χ2v) is 7.52. The molecule has 2 aromatic rings. The molecule has 1 spiro atoms. The number of benzene rings is 2. The molecule has 3 N–H and O–H groups in total. The maximum absolute atomic E-state index is 13.1. The van der Waals surface area contributed by atoms with E-state index in [0.717, 1.165) is 25.2 Å². The summed E-state index contributed by atoms with van der Waals surface area (Å²) in [4.78, 5) is 26.1. The number of amides is 2. The number of halogens is 1. The molecule has 2 aromatic carbocycles. The van der Waals surface area contributed by atoms with E-state index in [2.05, 4.69) is 10.2 Å². The molecule has 1 fully saturated rings. The van der Waals surface area contributed by atoms with Gasteiger partial charge in [-0.25, -0.2) is 9.87 Å². The second-order valence-electron chi connectivity index (χ2n) is 7.52. The number of carbonyl (C=O) groups is 2. The van der Waals surface area contributed by atoms with Gasteiger partial charge < -0.3 is 10.1 Å².